The molecule has 0 fully saturated rings. The van der Waals surface area contributed by atoms with Crippen LogP contribution >= 0.6 is 0 Å². The maximum absolute atomic E-state index is 13.5. The van der Waals surface area contributed by atoms with Gasteiger partial charge in [-0.25, -0.2) is 0 Å². The minimum Gasteiger partial charge on any atom is -0.493 e. The molecular weight excluding hydrogens is 395 g/mol. The van der Waals surface area contributed by atoms with Gasteiger partial charge >= 0.3 is 6.18 Å². The number of aliphatic hydroxyl groups excluding tert-OH is 2. The van der Waals surface area contributed by atoms with E-state index in [2.05, 4.69) is 18.2 Å². The number of aliphatic hydroxyl groups is 2. The van der Waals surface area contributed by atoms with Crippen LogP contribution in [0.2, 0.25) is 0 Å². The topological polar surface area (TPSA) is 75.7 Å². The SMILES string of the molecule is Cc1cc(C)cc(CCCOc2ccc(CCC(N)(CO)CO)cc2C(F)(F)F)c1. The molecule has 4 nitrogen and oxygen atoms in total. The van der Waals surface area contributed by atoms with Crippen molar-refractivity contribution in [1.82, 2.24) is 0 Å². The van der Waals surface area contributed by atoms with Crippen LogP contribution in [0.4, 0.5) is 13.2 Å². The summed E-state index contributed by atoms with van der Waals surface area (Å²) in [5.74, 6) is -0.199. The van der Waals surface area contributed by atoms with Crippen molar-refractivity contribution in [3.05, 3.63) is 64.2 Å². The smallest absolute Gasteiger partial charge is 0.419 e. The van der Waals surface area contributed by atoms with Gasteiger partial charge in [0, 0.05) is 0 Å². The largest absolute Gasteiger partial charge is 0.493 e. The van der Waals surface area contributed by atoms with E-state index in [9.17, 15) is 23.4 Å². The van der Waals surface area contributed by atoms with E-state index >= 15 is 0 Å². The van der Waals surface area contributed by atoms with Crippen molar-refractivity contribution in [2.45, 2.75) is 51.2 Å². The van der Waals surface area contributed by atoms with E-state index in [-0.39, 0.29) is 25.2 Å². The lowest BCUT2D eigenvalue weighted by molar-refractivity contribution is -0.139. The van der Waals surface area contributed by atoms with Crippen LogP contribution in [0.25, 0.3) is 0 Å². The summed E-state index contributed by atoms with van der Waals surface area (Å²) in [4.78, 5) is 0. The zero-order chi connectivity index (χ0) is 22.4. The Morgan fingerprint density at radius 1 is 0.900 bits per heavy atom. The highest BCUT2D eigenvalue weighted by atomic mass is 19.4. The summed E-state index contributed by atoms with van der Waals surface area (Å²) in [6, 6.07) is 10.1. The summed E-state index contributed by atoms with van der Waals surface area (Å²) < 4.78 is 46.0. The van der Waals surface area contributed by atoms with Crippen LogP contribution in [0.5, 0.6) is 5.75 Å². The molecular formula is C23H30F3NO3. The Morgan fingerprint density at radius 3 is 2.10 bits per heavy atom. The van der Waals surface area contributed by atoms with Gasteiger partial charge in [-0.2, -0.15) is 13.2 Å². The number of rotatable bonds is 10. The lowest BCUT2D eigenvalue weighted by Crippen LogP contribution is -2.47. The number of nitrogens with two attached hydrogens (primary N) is 1. The Morgan fingerprint density at radius 2 is 1.53 bits per heavy atom. The molecule has 0 aliphatic heterocycles. The first kappa shape index (κ1) is 24.2. The van der Waals surface area contributed by atoms with Crippen LogP contribution in [0.1, 0.15) is 40.7 Å². The summed E-state index contributed by atoms with van der Waals surface area (Å²) in [5.41, 5.74) is 7.62. The van der Waals surface area contributed by atoms with Gasteiger partial charge in [-0.05, 0) is 62.8 Å². The number of ether oxygens (including phenoxy) is 1. The second-order valence-corrected chi connectivity index (χ2v) is 7.95. The summed E-state index contributed by atoms with van der Waals surface area (Å²) >= 11 is 0. The molecule has 166 valence electrons. The fourth-order valence-electron chi connectivity index (χ4n) is 3.35. The molecule has 0 aromatic heterocycles. The molecule has 0 heterocycles. The quantitative estimate of drug-likeness (QED) is 0.504. The lowest BCUT2D eigenvalue weighted by atomic mass is 9.93. The van der Waals surface area contributed by atoms with E-state index in [0.29, 0.717) is 12.0 Å². The Kier molecular flexibility index (Phi) is 8.29. The second-order valence-electron chi connectivity index (χ2n) is 7.95. The Balaban J connectivity index is 2.02. The number of benzene rings is 2. The third-order valence-electron chi connectivity index (χ3n) is 5.04. The summed E-state index contributed by atoms with van der Waals surface area (Å²) in [6.45, 7) is 3.31. The van der Waals surface area contributed by atoms with Crippen molar-refractivity contribution in [1.29, 1.82) is 0 Å². The maximum Gasteiger partial charge on any atom is 0.419 e. The van der Waals surface area contributed by atoms with E-state index in [1.165, 1.54) is 6.07 Å². The third kappa shape index (κ3) is 7.00. The van der Waals surface area contributed by atoms with Crippen LogP contribution < -0.4 is 10.5 Å². The Bertz CT molecular complexity index is 813. The molecule has 30 heavy (non-hydrogen) atoms. The number of hydrogen-bond donors (Lipinski definition) is 3. The molecule has 0 radical (unpaired) electrons. The number of halogens is 3. The van der Waals surface area contributed by atoms with Gasteiger partial charge in [0.05, 0.1) is 30.9 Å². The molecule has 0 aliphatic carbocycles. The second kappa shape index (κ2) is 10.3. The highest BCUT2D eigenvalue weighted by Gasteiger charge is 2.35. The van der Waals surface area contributed by atoms with E-state index < -0.39 is 30.5 Å². The summed E-state index contributed by atoms with van der Waals surface area (Å²) in [6.07, 6.45) is -2.86. The van der Waals surface area contributed by atoms with Crippen LogP contribution in [-0.2, 0) is 19.0 Å². The molecule has 4 N–H and O–H groups in total. The number of aryl methyl sites for hydroxylation is 4. The van der Waals surface area contributed by atoms with Crippen molar-refractivity contribution in [3.8, 4) is 5.75 Å². The normalized spacial score (nSPS) is 12.3. The standard InChI is InChI=1S/C23H30F3NO3/c1-16-10-17(2)12-19(11-16)4-3-9-30-21-6-5-18(13-20(21)23(24,25)26)7-8-22(27,14-28)15-29/h5-6,10-13,28-29H,3-4,7-9,14-15,27H2,1-2H3. The highest BCUT2D eigenvalue weighted by Crippen LogP contribution is 2.37. The molecule has 0 unspecified atom stereocenters. The van der Waals surface area contributed by atoms with Crippen molar-refractivity contribution < 1.29 is 28.1 Å². The molecule has 0 atom stereocenters. The van der Waals surface area contributed by atoms with Crippen LogP contribution in [0.15, 0.2) is 36.4 Å². The van der Waals surface area contributed by atoms with Gasteiger partial charge in [-0.15, -0.1) is 0 Å². The van der Waals surface area contributed by atoms with Crippen LogP contribution in [0.3, 0.4) is 0 Å². The average Bonchev–Trinajstić information content (AvgIpc) is 2.68. The van der Waals surface area contributed by atoms with Gasteiger partial charge in [0.1, 0.15) is 5.75 Å². The highest BCUT2D eigenvalue weighted by molar-refractivity contribution is 5.39. The lowest BCUT2D eigenvalue weighted by Gasteiger charge is -2.24. The minimum absolute atomic E-state index is 0.160. The fourth-order valence-corrected chi connectivity index (χ4v) is 3.35. The summed E-state index contributed by atoms with van der Waals surface area (Å²) in [5, 5.41) is 18.5. The van der Waals surface area contributed by atoms with E-state index in [1.54, 1.807) is 6.07 Å². The van der Waals surface area contributed by atoms with Gasteiger partial charge < -0.3 is 20.7 Å². The Hall–Kier alpha value is -2.09. The first-order chi connectivity index (χ1) is 14.1. The molecule has 0 spiro atoms. The first-order valence-electron chi connectivity index (χ1n) is 9.97. The van der Waals surface area contributed by atoms with Crippen molar-refractivity contribution in [3.63, 3.8) is 0 Å². The minimum atomic E-state index is -4.55. The van der Waals surface area contributed by atoms with Gasteiger partial charge in [0.2, 0.25) is 0 Å². The van der Waals surface area contributed by atoms with E-state index in [4.69, 9.17) is 10.5 Å². The van der Waals surface area contributed by atoms with Crippen LogP contribution in [-0.4, -0.2) is 35.6 Å². The molecule has 2 rings (SSSR count). The predicted molar refractivity (Wildman–Crippen MR) is 111 cm³/mol. The molecule has 0 aliphatic rings. The molecule has 0 saturated heterocycles. The zero-order valence-electron chi connectivity index (χ0n) is 17.4. The molecule has 7 heteroatoms. The van der Waals surface area contributed by atoms with Gasteiger partial charge in [-0.3, -0.25) is 0 Å². The third-order valence-corrected chi connectivity index (χ3v) is 5.04. The molecule has 0 amide bonds. The number of alkyl halides is 3. The number of hydrogen-bond acceptors (Lipinski definition) is 4. The van der Waals surface area contributed by atoms with E-state index in [1.807, 2.05) is 13.8 Å². The fraction of sp³-hybridized carbons (Fsp3) is 0.478. The van der Waals surface area contributed by atoms with Crippen LogP contribution in [0, 0.1) is 13.8 Å². The van der Waals surface area contributed by atoms with Gasteiger partial charge in [-0.1, -0.05) is 35.4 Å². The average molecular weight is 425 g/mol. The predicted octanol–water partition coefficient (Wildman–Crippen LogP) is 3.95. The maximum atomic E-state index is 13.5. The zero-order valence-corrected chi connectivity index (χ0v) is 17.4. The van der Waals surface area contributed by atoms with Gasteiger partial charge in [0.25, 0.3) is 0 Å². The molecule has 2 aromatic rings. The van der Waals surface area contributed by atoms with Crippen molar-refractivity contribution in [2.75, 3.05) is 19.8 Å². The van der Waals surface area contributed by atoms with Gasteiger partial charge in [0.15, 0.2) is 0 Å². The molecule has 0 bridgehead atoms. The van der Waals surface area contributed by atoms with Crippen molar-refractivity contribution in [2.24, 2.45) is 5.73 Å². The first-order valence-corrected chi connectivity index (χ1v) is 9.97. The van der Waals surface area contributed by atoms with Crippen molar-refractivity contribution >= 4 is 0 Å². The monoisotopic (exact) mass is 425 g/mol. The molecule has 0 saturated carbocycles. The molecule has 2 aromatic carbocycles. The van der Waals surface area contributed by atoms with E-state index in [0.717, 1.165) is 29.2 Å². The Labute approximate surface area is 175 Å². The summed E-state index contributed by atoms with van der Waals surface area (Å²) in [7, 11) is 0.